The minimum absolute atomic E-state index is 0.00991. The Hall–Kier alpha value is -2.26. The average molecular weight is 397 g/mol. The Kier molecular flexibility index (Phi) is 8.41. The summed E-state index contributed by atoms with van der Waals surface area (Å²) in [5.74, 6) is 0.180. The van der Waals surface area contributed by atoms with Crippen molar-refractivity contribution in [2.75, 3.05) is 38.8 Å². The molecule has 1 N–H and O–H groups in total. The molecule has 1 heterocycles. The summed E-state index contributed by atoms with van der Waals surface area (Å²) in [6.07, 6.45) is 0. The number of benzene rings is 1. The number of ether oxygens (including phenoxy) is 4. The van der Waals surface area contributed by atoms with E-state index in [1.54, 1.807) is 26.0 Å². The number of esters is 2. The third kappa shape index (κ3) is 6.44. The van der Waals surface area contributed by atoms with Gasteiger partial charge in [0.15, 0.2) is 6.04 Å². The molecule has 1 aliphatic rings. The standard InChI is InChI=1S/C18H23NO7S/c1-3-24-16(21)10-23-7-8-26-12-5-6-13(15(20)9-12)17-19-14(11-27-17)18(22)25-4-2/h5-6,9,14,20H,3-4,7-8,10-11H2,1-2H3. The molecule has 0 spiro atoms. The Labute approximate surface area is 161 Å². The summed E-state index contributed by atoms with van der Waals surface area (Å²) in [6.45, 7) is 4.41. The van der Waals surface area contributed by atoms with Gasteiger partial charge in [-0.05, 0) is 26.0 Å². The quantitative estimate of drug-likeness (QED) is 0.471. The molecule has 27 heavy (non-hydrogen) atoms. The van der Waals surface area contributed by atoms with Gasteiger partial charge in [-0.15, -0.1) is 11.8 Å². The van der Waals surface area contributed by atoms with Crippen molar-refractivity contribution in [1.82, 2.24) is 0 Å². The van der Waals surface area contributed by atoms with Gasteiger partial charge in [0, 0.05) is 17.4 Å². The number of aromatic hydroxyl groups is 1. The summed E-state index contributed by atoms with van der Waals surface area (Å²) in [6, 6.07) is 4.31. The van der Waals surface area contributed by atoms with Gasteiger partial charge in [-0.2, -0.15) is 0 Å². The van der Waals surface area contributed by atoms with Crippen molar-refractivity contribution < 1.29 is 33.6 Å². The highest BCUT2D eigenvalue weighted by atomic mass is 32.2. The molecule has 0 aliphatic carbocycles. The lowest BCUT2D eigenvalue weighted by Crippen LogP contribution is -2.21. The number of hydrogen-bond donors (Lipinski definition) is 1. The number of carbonyl (C=O) groups is 2. The molecule has 0 aromatic heterocycles. The van der Waals surface area contributed by atoms with Crippen LogP contribution >= 0.6 is 11.8 Å². The van der Waals surface area contributed by atoms with E-state index in [1.165, 1.54) is 17.8 Å². The van der Waals surface area contributed by atoms with Crippen LogP contribution in [0.3, 0.4) is 0 Å². The molecule has 2 rings (SSSR count). The first kappa shape index (κ1) is 21.0. The fourth-order valence-electron chi connectivity index (χ4n) is 2.24. The van der Waals surface area contributed by atoms with E-state index in [9.17, 15) is 14.7 Å². The number of phenols is 1. The lowest BCUT2D eigenvalue weighted by Gasteiger charge is -2.09. The number of aliphatic imine (C=N–C) groups is 1. The van der Waals surface area contributed by atoms with Crippen LogP contribution in [0.25, 0.3) is 0 Å². The fraction of sp³-hybridized carbons (Fsp3) is 0.500. The first-order valence-corrected chi connectivity index (χ1v) is 9.60. The topological polar surface area (TPSA) is 104 Å². The summed E-state index contributed by atoms with van der Waals surface area (Å²) in [5.41, 5.74) is 0.540. The van der Waals surface area contributed by atoms with Gasteiger partial charge in [0.1, 0.15) is 29.8 Å². The predicted octanol–water partition coefficient (Wildman–Crippen LogP) is 1.78. The van der Waals surface area contributed by atoms with Crippen molar-refractivity contribution in [3.8, 4) is 11.5 Å². The molecule has 148 valence electrons. The Balaban J connectivity index is 1.84. The summed E-state index contributed by atoms with van der Waals surface area (Å²) in [7, 11) is 0. The zero-order valence-electron chi connectivity index (χ0n) is 15.3. The van der Waals surface area contributed by atoms with E-state index in [4.69, 9.17) is 18.9 Å². The van der Waals surface area contributed by atoms with Crippen molar-refractivity contribution in [3.05, 3.63) is 23.8 Å². The third-order valence-electron chi connectivity index (χ3n) is 3.43. The number of thioether (sulfide) groups is 1. The fourth-order valence-corrected chi connectivity index (χ4v) is 3.30. The minimum Gasteiger partial charge on any atom is -0.507 e. The number of phenolic OH excluding ortho intramolecular Hbond substituents is 1. The predicted molar refractivity (Wildman–Crippen MR) is 100 cm³/mol. The number of nitrogens with zero attached hydrogens (tertiary/aromatic N) is 1. The van der Waals surface area contributed by atoms with Gasteiger partial charge in [0.2, 0.25) is 0 Å². The van der Waals surface area contributed by atoms with Gasteiger partial charge >= 0.3 is 11.9 Å². The van der Waals surface area contributed by atoms with Crippen molar-refractivity contribution >= 4 is 28.7 Å². The molecule has 0 radical (unpaired) electrons. The third-order valence-corrected chi connectivity index (χ3v) is 4.51. The van der Waals surface area contributed by atoms with Crippen LogP contribution in [-0.2, 0) is 23.8 Å². The van der Waals surface area contributed by atoms with E-state index in [2.05, 4.69) is 4.99 Å². The molecule has 9 heteroatoms. The van der Waals surface area contributed by atoms with Crippen LogP contribution in [0.4, 0.5) is 0 Å². The molecule has 1 aromatic carbocycles. The first-order chi connectivity index (χ1) is 13.0. The maximum absolute atomic E-state index is 11.7. The molecule has 1 aliphatic heterocycles. The molecular formula is C18H23NO7S. The molecule has 0 amide bonds. The Morgan fingerprint density at radius 1 is 1.22 bits per heavy atom. The van der Waals surface area contributed by atoms with Crippen LogP contribution in [0.5, 0.6) is 11.5 Å². The summed E-state index contributed by atoms with van der Waals surface area (Å²) >= 11 is 1.39. The number of rotatable bonds is 10. The molecule has 1 atom stereocenters. The van der Waals surface area contributed by atoms with Gasteiger partial charge in [0.05, 0.1) is 19.8 Å². The Morgan fingerprint density at radius 2 is 2.00 bits per heavy atom. The lowest BCUT2D eigenvalue weighted by atomic mass is 10.2. The van der Waals surface area contributed by atoms with E-state index in [0.717, 1.165) is 0 Å². The average Bonchev–Trinajstić information content (AvgIpc) is 3.12. The van der Waals surface area contributed by atoms with Gasteiger partial charge in [-0.3, -0.25) is 4.99 Å². The highest BCUT2D eigenvalue weighted by Gasteiger charge is 2.27. The van der Waals surface area contributed by atoms with Gasteiger partial charge in [-0.1, -0.05) is 0 Å². The second kappa shape index (κ2) is 10.8. The largest absolute Gasteiger partial charge is 0.507 e. The molecular weight excluding hydrogens is 374 g/mol. The maximum atomic E-state index is 11.7. The second-order valence-corrected chi connectivity index (χ2v) is 6.41. The van der Waals surface area contributed by atoms with Crippen LogP contribution in [-0.4, -0.2) is 66.9 Å². The molecule has 8 nitrogen and oxygen atoms in total. The van der Waals surface area contributed by atoms with Gasteiger partial charge in [-0.25, -0.2) is 9.59 Å². The summed E-state index contributed by atoms with van der Waals surface area (Å²) < 4.78 is 20.3. The van der Waals surface area contributed by atoms with Crippen LogP contribution in [0.2, 0.25) is 0 Å². The van der Waals surface area contributed by atoms with E-state index < -0.39 is 12.0 Å². The Bertz CT molecular complexity index is 692. The second-order valence-electron chi connectivity index (χ2n) is 5.40. The van der Waals surface area contributed by atoms with E-state index in [-0.39, 0.29) is 31.5 Å². The molecule has 0 bridgehead atoms. The summed E-state index contributed by atoms with van der Waals surface area (Å²) in [4.78, 5) is 27.2. The molecule has 0 saturated heterocycles. The maximum Gasteiger partial charge on any atom is 0.332 e. The van der Waals surface area contributed by atoms with E-state index in [0.29, 0.717) is 35.3 Å². The highest BCUT2D eigenvalue weighted by molar-refractivity contribution is 8.14. The zero-order chi connectivity index (χ0) is 19.6. The molecule has 1 unspecified atom stereocenters. The Morgan fingerprint density at radius 3 is 2.70 bits per heavy atom. The molecule has 0 saturated carbocycles. The van der Waals surface area contributed by atoms with Gasteiger partial charge in [0.25, 0.3) is 0 Å². The van der Waals surface area contributed by atoms with E-state index >= 15 is 0 Å². The number of carbonyl (C=O) groups excluding carboxylic acids is 2. The SMILES string of the molecule is CCOC(=O)COCCOc1ccc(C2=NC(C(=O)OCC)CS2)c(O)c1. The lowest BCUT2D eigenvalue weighted by molar-refractivity contribution is -0.148. The zero-order valence-corrected chi connectivity index (χ0v) is 16.1. The van der Waals surface area contributed by atoms with Gasteiger partial charge < -0.3 is 24.1 Å². The van der Waals surface area contributed by atoms with Crippen molar-refractivity contribution in [3.63, 3.8) is 0 Å². The van der Waals surface area contributed by atoms with Crippen molar-refractivity contribution in [2.45, 2.75) is 19.9 Å². The monoisotopic (exact) mass is 397 g/mol. The molecule has 0 fully saturated rings. The van der Waals surface area contributed by atoms with Crippen LogP contribution < -0.4 is 4.74 Å². The summed E-state index contributed by atoms with van der Waals surface area (Å²) in [5, 5.41) is 10.8. The minimum atomic E-state index is -0.545. The van der Waals surface area contributed by atoms with Crippen LogP contribution in [0.15, 0.2) is 23.2 Å². The smallest absolute Gasteiger partial charge is 0.332 e. The van der Waals surface area contributed by atoms with Crippen molar-refractivity contribution in [2.24, 2.45) is 4.99 Å². The first-order valence-electron chi connectivity index (χ1n) is 8.61. The van der Waals surface area contributed by atoms with Crippen molar-refractivity contribution in [1.29, 1.82) is 0 Å². The van der Waals surface area contributed by atoms with Crippen LogP contribution in [0.1, 0.15) is 19.4 Å². The highest BCUT2D eigenvalue weighted by Crippen LogP contribution is 2.31. The van der Waals surface area contributed by atoms with Crippen LogP contribution in [0, 0.1) is 0 Å². The normalized spacial score (nSPS) is 15.9. The number of hydrogen-bond acceptors (Lipinski definition) is 9. The molecule has 1 aromatic rings. The van der Waals surface area contributed by atoms with E-state index in [1.807, 2.05) is 0 Å².